The van der Waals surface area contributed by atoms with Gasteiger partial charge in [0.2, 0.25) is 5.91 Å². The van der Waals surface area contributed by atoms with E-state index in [1.165, 1.54) is 0 Å². The number of guanidine groups is 1. The van der Waals surface area contributed by atoms with Crippen LogP contribution in [-0.2, 0) is 22.6 Å². The van der Waals surface area contributed by atoms with Crippen LogP contribution >= 0.6 is 24.0 Å². The average Bonchev–Trinajstić information content (AvgIpc) is 3.20. The molecule has 0 aliphatic carbocycles. The first-order chi connectivity index (χ1) is 14.6. The molecule has 2 aromatic rings. The number of hydrogen-bond donors (Lipinski definition) is 2. The Balaban J connectivity index is 0.00000341. The number of halogens is 1. The van der Waals surface area contributed by atoms with Crippen molar-refractivity contribution in [2.75, 3.05) is 25.1 Å². The molecule has 1 amide bonds. The monoisotopic (exact) mass is 536 g/mol. The summed E-state index contributed by atoms with van der Waals surface area (Å²) in [4.78, 5) is 29.6. The number of benzene rings is 2. The maximum absolute atomic E-state index is 11.9. The molecule has 1 fully saturated rings. The number of hydrogen-bond acceptors (Lipinski definition) is 4. The summed E-state index contributed by atoms with van der Waals surface area (Å²) in [5, 5.41) is 6.55. The van der Waals surface area contributed by atoms with Gasteiger partial charge in [0.1, 0.15) is 0 Å². The lowest BCUT2D eigenvalue weighted by Gasteiger charge is -2.16. The highest BCUT2D eigenvalue weighted by Gasteiger charge is 2.21. The van der Waals surface area contributed by atoms with Crippen LogP contribution in [0.4, 0.5) is 5.69 Å². The summed E-state index contributed by atoms with van der Waals surface area (Å²) in [7, 11) is 1.72. The number of carbonyl (C=O) groups is 2. The third kappa shape index (κ3) is 6.95. The highest BCUT2D eigenvalue weighted by Crippen LogP contribution is 2.21. The van der Waals surface area contributed by atoms with Crippen molar-refractivity contribution in [1.29, 1.82) is 0 Å². The van der Waals surface area contributed by atoms with Crippen molar-refractivity contribution in [3.63, 3.8) is 0 Å². The second-order valence-corrected chi connectivity index (χ2v) is 7.01. The molecule has 2 N–H and O–H groups in total. The summed E-state index contributed by atoms with van der Waals surface area (Å²) in [5.41, 5.74) is 3.63. The molecule has 0 unspecified atom stereocenters. The maximum Gasteiger partial charge on any atom is 0.338 e. The number of esters is 1. The Hall–Kier alpha value is -2.62. The number of ether oxygens (including phenoxy) is 1. The molecule has 31 heavy (non-hydrogen) atoms. The molecule has 0 radical (unpaired) electrons. The van der Waals surface area contributed by atoms with Crippen LogP contribution in [0.1, 0.15) is 41.3 Å². The van der Waals surface area contributed by atoms with Crippen LogP contribution < -0.4 is 15.5 Å². The minimum absolute atomic E-state index is 0. The van der Waals surface area contributed by atoms with Crippen molar-refractivity contribution < 1.29 is 14.3 Å². The van der Waals surface area contributed by atoms with E-state index in [0.717, 1.165) is 29.8 Å². The van der Waals surface area contributed by atoms with Gasteiger partial charge in [0.25, 0.3) is 0 Å². The van der Waals surface area contributed by atoms with Gasteiger partial charge in [0.15, 0.2) is 5.96 Å². The Labute approximate surface area is 200 Å². The minimum Gasteiger partial charge on any atom is -0.462 e. The number of carbonyl (C=O) groups excluding carboxylic acids is 2. The molecular formula is C23H29IN4O3. The molecule has 0 aromatic heterocycles. The zero-order valence-corrected chi connectivity index (χ0v) is 20.2. The minimum atomic E-state index is -0.311. The molecule has 3 rings (SSSR count). The van der Waals surface area contributed by atoms with Gasteiger partial charge in [0, 0.05) is 38.8 Å². The molecule has 0 bridgehead atoms. The van der Waals surface area contributed by atoms with Gasteiger partial charge in [-0.3, -0.25) is 9.79 Å². The van der Waals surface area contributed by atoms with E-state index in [4.69, 9.17) is 4.74 Å². The summed E-state index contributed by atoms with van der Waals surface area (Å²) in [6.45, 7) is 4.16. The second kappa shape index (κ2) is 12.3. The Morgan fingerprint density at radius 3 is 2.10 bits per heavy atom. The Kier molecular flexibility index (Phi) is 9.77. The molecule has 7 nitrogen and oxygen atoms in total. The van der Waals surface area contributed by atoms with E-state index in [9.17, 15) is 9.59 Å². The first-order valence-electron chi connectivity index (χ1n) is 10.2. The fourth-order valence-electron chi connectivity index (χ4n) is 3.28. The highest BCUT2D eigenvalue weighted by atomic mass is 127. The molecule has 1 heterocycles. The molecular weight excluding hydrogens is 507 g/mol. The first kappa shape index (κ1) is 24.6. The van der Waals surface area contributed by atoms with E-state index in [1.807, 2.05) is 41.3 Å². The molecule has 2 aromatic carbocycles. The number of aliphatic imine (C=N–C) groups is 1. The smallest absolute Gasteiger partial charge is 0.338 e. The van der Waals surface area contributed by atoms with Gasteiger partial charge in [0.05, 0.1) is 12.2 Å². The average molecular weight is 536 g/mol. The topological polar surface area (TPSA) is 83.0 Å². The summed E-state index contributed by atoms with van der Waals surface area (Å²) in [6, 6.07) is 15.3. The standard InChI is InChI=1S/C23H28N4O3.HI/c1-3-30-22(29)19-10-6-17(7-11-19)15-25-23(24-2)26-16-18-8-12-20(13-9-18)27-14-4-5-21(27)28;/h6-13H,3-5,14-16H2,1-2H3,(H2,24,25,26);1H. The molecule has 8 heteroatoms. The SMILES string of the molecule is CCOC(=O)c1ccc(CNC(=NC)NCc2ccc(N3CCCC3=O)cc2)cc1.I. The van der Waals surface area contributed by atoms with Crippen molar-refractivity contribution in [1.82, 2.24) is 10.6 Å². The van der Waals surface area contributed by atoms with Gasteiger partial charge < -0.3 is 20.3 Å². The zero-order valence-electron chi connectivity index (χ0n) is 17.9. The van der Waals surface area contributed by atoms with Crippen LogP contribution in [0.5, 0.6) is 0 Å². The van der Waals surface area contributed by atoms with Gasteiger partial charge in [-0.1, -0.05) is 24.3 Å². The third-order valence-corrected chi connectivity index (χ3v) is 4.93. The summed E-state index contributed by atoms with van der Waals surface area (Å²) < 4.78 is 5.00. The first-order valence-corrected chi connectivity index (χ1v) is 10.2. The van der Waals surface area contributed by atoms with Gasteiger partial charge in [-0.2, -0.15) is 0 Å². The third-order valence-electron chi connectivity index (χ3n) is 4.93. The van der Waals surface area contributed by atoms with Crippen molar-refractivity contribution in [2.24, 2.45) is 4.99 Å². The van der Waals surface area contributed by atoms with Crippen LogP contribution in [0.3, 0.4) is 0 Å². The summed E-state index contributed by atoms with van der Waals surface area (Å²) in [5.74, 6) is 0.568. The van der Waals surface area contributed by atoms with Crippen LogP contribution in [0.2, 0.25) is 0 Å². The predicted molar refractivity (Wildman–Crippen MR) is 133 cm³/mol. The molecule has 166 valence electrons. The van der Waals surface area contributed by atoms with E-state index in [0.29, 0.717) is 37.6 Å². The van der Waals surface area contributed by atoms with Crippen molar-refractivity contribution in [3.05, 3.63) is 65.2 Å². The second-order valence-electron chi connectivity index (χ2n) is 7.01. The van der Waals surface area contributed by atoms with E-state index >= 15 is 0 Å². The maximum atomic E-state index is 11.9. The Morgan fingerprint density at radius 2 is 1.61 bits per heavy atom. The molecule has 0 saturated carbocycles. The van der Waals surface area contributed by atoms with Gasteiger partial charge in [-0.05, 0) is 48.7 Å². The molecule has 1 aliphatic rings. The Bertz CT molecular complexity index is 898. The van der Waals surface area contributed by atoms with E-state index < -0.39 is 0 Å². The lowest BCUT2D eigenvalue weighted by molar-refractivity contribution is -0.117. The van der Waals surface area contributed by atoms with Crippen LogP contribution in [0.25, 0.3) is 0 Å². The van der Waals surface area contributed by atoms with Crippen molar-refractivity contribution in [3.8, 4) is 0 Å². The number of anilines is 1. The molecule has 1 saturated heterocycles. The lowest BCUT2D eigenvalue weighted by Crippen LogP contribution is -2.36. The molecule has 0 atom stereocenters. The zero-order chi connectivity index (χ0) is 21.3. The Morgan fingerprint density at radius 1 is 1.03 bits per heavy atom. The van der Waals surface area contributed by atoms with Crippen LogP contribution in [0, 0.1) is 0 Å². The van der Waals surface area contributed by atoms with E-state index in [2.05, 4.69) is 15.6 Å². The lowest BCUT2D eigenvalue weighted by atomic mass is 10.1. The number of amides is 1. The van der Waals surface area contributed by atoms with Crippen molar-refractivity contribution >= 4 is 47.5 Å². The van der Waals surface area contributed by atoms with Crippen molar-refractivity contribution in [2.45, 2.75) is 32.9 Å². The highest BCUT2D eigenvalue weighted by molar-refractivity contribution is 14.0. The van der Waals surface area contributed by atoms with E-state index in [1.54, 1.807) is 26.1 Å². The van der Waals surface area contributed by atoms with Gasteiger partial charge in [-0.25, -0.2) is 4.79 Å². The normalized spacial score (nSPS) is 13.5. The van der Waals surface area contributed by atoms with Gasteiger partial charge >= 0.3 is 5.97 Å². The summed E-state index contributed by atoms with van der Waals surface area (Å²) in [6.07, 6.45) is 1.56. The largest absolute Gasteiger partial charge is 0.462 e. The fourth-order valence-corrected chi connectivity index (χ4v) is 3.28. The van der Waals surface area contributed by atoms with Crippen LogP contribution in [-0.4, -0.2) is 38.0 Å². The quantitative estimate of drug-likeness (QED) is 0.245. The van der Waals surface area contributed by atoms with Gasteiger partial charge in [-0.15, -0.1) is 24.0 Å². The van der Waals surface area contributed by atoms with Crippen LogP contribution in [0.15, 0.2) is 53.5 Å². The molecule has 0 spiro atoms. The number of nitrogens with one attached hydrogen (secondary N) is 2. The number of nitrogens with zero attached hydrogens (tertiary/aromatic N) is 2. The molecule has 1 aliphatic heterocycles. The number of rotatable bonds is 7. The summed E-state index contributed by atoms with van der Waals surface area (Å²) >= 11 is 0. The van der Waals surface area contributed by atoms with E-state index in [-0.39, 0.29) is 35.9 Å². The fraction of sp³-hybridized carbons (Fsp3) is 0.348. The predicted octanol–water partition coefficient (Wildman–Crippen LogP) is 3.47.